The number of methoxy groups -OCH3 is 2. The first-order valence-electron chi connectivity index (χ1n) is 7.21. The molecule has 0 fully saturated rings. The van der Waals surface area contributed by atoms with Crippen molar-refractivity contribution in [2.75, 3.05) is 20.8 Å². The molecule has 1 amide bonds. The summed E-state index contributed by atoms with van der Waals surface area (Å²) < 4.78 is 9.92. The van der Waals surface area contributed by atoms with Gasteiger partial charge in [-0.1, -0.05) is 12.1 Å². The zero-order valence-electron chi connectivity index (χ0n) is 13.0. The van der Waals surface area contributed by atoms with Crippen LogP contribution in [0.2, 0.25) is 0 Å². The Balaban J connectivity index is 2.33. The number of benzene rings is 1. The van der Waals surface area contributed by atoms with Gasteiger partial charge >= 0.3 is 5.97 Å². The molecule has 0 spiro atoms. The fourth-order valence-electron chi connectivity index (χ4n) is 2.00. The van der Waals surface area contributed by atoms with E-state index in [0.717, 1.165) is 17.7 Å². The number of nitrogens with one attached hydrogen (secondary N) is 1. The van der Waals surface area contributed by atoms with E-state index in [0.29, 0.717) is 19.4 Å². The number of amides is 1. The van der Waals surface area contributed by atoms with Gasteiger partial charge in [-0.25, -0.2) is 4.79 Å². The Hall–Kier alpha value is -2.08. The molecule has 6 nitrogen and oxygen atoms in total. The quantitative estimate of drug-likeness (QED) is 0.686. The van der Waals surface area contributed by atoms with E-state index in [1.54, 1.807) is 7.11 Å². The number of carboxylic acids is 1. The smallest absolute Gasteiger partial charge is 0.326 e. The van der Waals surface area contributed by atoms with Crippen molar-refractivity contribution in [2.45, 2.75) is 31.7 Å². The third kappa shape index (κ3) is 6.58. The van der Waals surface area contributed by atoms with Crippen molar-refractivity contribution in [2.24, 2.45) is 0 Å². The van der Waals surface area contributed by atoms with E-state index < -0.39 is 12.0 Å². The Morgan fingerprint density at radius 2 is 1.91 bits per heavy atom. The lowest BCUT2D eigenvalue weighted by molar-refractivity contribution is -0.142. The Labute approximate surface area is 130 Å². The zero-order chi connectivity index (χ0) is 16.4. The topological polar surface area (TPSA) is 84.9 Å². The molecule has 0 aromatic heterocycles. The molecule has 1 aromatic carbocycles. The number of carbonyl (C=O) groups excluding carboxylic acids is 1. The van der Waals surface area contributed by atoms with Crippen molar-refractivity contribution < 1.29 is 24.2 Å². The molecule has 0 radical (unpaired) electrons. The highest BCUT2D eigenvalue weighted by molar-refractivity contribution is 5.83. The van der Waals surface area contributed by atoms with Gasteiger partial charge in [0.05, 0.1) is 7.11 Å². The van der Waals surface area contributed by atoms with Crippen molar-refractivity contribution in [3.63, 3.8) is 0 Å². The van der Waals surface area contributed by atoms with Crippen LogP contribution in [0.5, 0.6) is 5.75 Å². The number of hydrogen-bond donors (Lipinski definition) is 2. The summed E-state index contributed by atoms with van der Waals surface area (Å²) in [7, 11) is 3.11. The lowest BCUT2D eigenvalue weighted by atomic mass is 10.1. The summed E-state index contributed by atoms with van der Waals surface area (Å²) in [5, 5.41) is 11.5. The monoisotopic (exact) mass is 309 g/mol. The first-order chi connectivity index (χ1) is 10.6. The van der Waals surface area contributed by atoms with Gasteiger partial charge in [-0.15, -0.1) is 0 Å². The molecular formula is C16H23NO5. The van der Waals surface area contributed by atoms with Gasteiger partial charge in [0, 0.05) is 26.6 Å². The lowest BCUT2D eigenvalue weighted by Crippen LogP contribution is -2.41. The van der Waals surface area contributed by atoms with Crippen molar-refractivity contribution in [3.8, 4) is 5.75 Å². The normalized spacial score (nSPS) is 11.7. The highest BCUT2D eigenvalue weighted by atomic mass is 16.5. The predicted molar refractivity (Wildman–Crippen MR) is 82.0 cm³/mol. The van der Waals surface area contributed by atoms with Crippen molar-refractivity contribution >= 4 is 11.9 Å². The van der Waals surface area contributed by atoms with Gasteiger partial charge in [-0.2, -0.15) is 0 Å². The Morgan fingerprint density at radius 3 is 2.45 bits per heavy atom. The summed E-state index contributed by atoms with van der Waals surface area (Å²) in [5.74, 6) is -0.499. The second-order valence-electron chi connectivity index (χ2n) is 4.94. The maximum atomic E-state index is 11.8. The van der Waals surface area contributed by atoms with E-state index in [-0.39, 0.29) is 12.3 Å². The molecule has 1 rings (SSSR count). The number of carboxylic acid groups (broad SMARTS) is 1. The van der Waals surface area contributed by atoms with E-state index in [2.05, 4.69) is 5.32 Å². The third-order valence-corrected chi connectivity index (χ3v) is 3.27. The molecule has 0 aliphatic carbocycles. The Bertz CT molecular complexity index is 472. The van der Waals surface area contributed by atoms with Gasteiger partial charge in [0.15, 0.2) is 0 Å². The summed E-state index contributed by atoms with van der Waals surface area (Å²) in [4.78, 5) is 22.8. The largest absolute Gasteiger partial charge is 0.497 e. The molecule has 0 bridgehead atoms. The Kier molecular flexibility index (Phi) is 7.99. The molecule has 1 atom stereocenters. The predicted octanol–water partition coefficient (Wildman–Crippen LogP) is 1.62. The molecule has 6 heteroatoms. The van der Waals surface area contributed by atoms with Crippen LogP contribution in [0.15, 0.2) is 24.3 Å². The van der Waals surface area contributed by atoms with Crippen LogP contribution in [0.4, 0.5) is 0 Å². The average Bonchev–Trinajstić information content (AvgIpc) is 2.51. The van der Waals surface area contributed by atoms with Gasteiger partial charge in [-0.3, -0.25) is 4.79 Å². The molecule has 0 aliphatic rings. The second-order valence-corrected chi connectivity index (χ2v) is 4.94. The van der Waals surface area contributed by atoms with Crippen LogP contribution in [0.3, 0.4) is 0 Å². The van der Waals surface area contributed by atoms with Crippen LogP contribution in [0, 0.1) is 0 Å². The minimum absolute atomic E-state index is 0.253. The molecule has 22 heavy (non-hydrogen) atoms. The van der Waals surface area contributed by atoms with Crippen LogP contribution < -0.4 is 10.1 Å². The molecule has 0 saturated heterocycles. The van der Waals surface area contributed by atoms with E-state index in [1.165, 1.54) is 7.11 Å². The number of carbonyl (C=O) groups is 2. The molecule has 122 valence electrons. The fourth-order valence-corrected chi connectivity index (χ4v) is 2.00. The standard InChI is InChI=1S/C16H23NO5/c1-21-11-10-14(16(19)20)17-15(18)5-3-4-12-6-8-13(22-2)9-7-12/h6-9,14H,3-5,10-11H2,1-2H3,(H,17,18)(H,19,20). The van der Waals surface area contributed by atoms with Gasteiger partial charge < -0.3 is 19.9 Å². The second kappa shape index (κ2) is 9.78. The first-order valence-corrected chi connectivity index (χ1v) is 7.21. The number of rotatable bonds is 10. The van der Waals surface area contributed by atoms with Crippen molar-refractivity contribution in [1.82, 2.24) is 5.32 Å². The Morgan fingerprint density at radius 1 is 1.23 bits per heavy atom. The number of aliphatic carboxylic acids is 1. The van der Waals surface area contributed by atoms with Gasteiger partial charge in [-0.05, 0) is 30.5 Å². The van der Waals surface area contributed by atoms with Gasteiger partial charge in [0.25, 0.3) is 0 Å². The molecule has 1 aromatic rings. The van der Waals surface area contributed by atoms with Crippen LogP contribution in [0.1, 0.15) is 24.8 Å². The minimum Gasteiger partial charge on any atom is -0.497 e. The molecule has 0 saturated carbocycles. The number of ether oxygens (including phenoxy) is 2. The highest BCUT2D eigenvalue weighted by Gasteiger charge is 2.19. The fraction of sp³-hybridized carbons (Fsp3) is 0.500. The van der Waals surface area contributed by atoms with E-state index in [9.17, 15) is 9.59 Å². The molecular weight excluding hydrogens is 286 g/mol. The average molecular weight is 309 g/mol. The zero-order valence-corrected chi connectivity index (χ0v) is 13.0. The molecule has 0 aliphatic heterocycles. The summed E-state index contributed by atoms with van der Waals surface area (Å²) in [6.07, 6.45) is 1.97. The minimum atomic E-state index is -1.04. The van der Waals surface area contributed by atoms with E-state index >= 15 is 0 Å². The van der Waals surface area contributed by atoms with Crippen molar-refractivity contribution in [3.05, 3.63) is 29.8 Å². The summed E-state index contributed by atoms with van der Waals surface area (Å²) in [6, 6.07) is 6.76. The maximum Gasteiger partial charge on any atom is 0.326 e. The highest BCUT2D eigenvalue weighted by Crippen LogP contribution is 2.13. The van der Waals surface area contributed by atoms with Crippen LogP contribution in [-0.4, -0.2) is 43.9 Å². The van der Waals surface area contributed by atoms with E-state index in [4.69, 9.17) is 14.6 Å². The van der Waals surface area contributed by atoms with Crippen LogP contribution in [-0.2, 0) is 20.7 Å². The first kappa shape index (κ1) is 18.0. The third-order valence-electron chi connectivity index (χ3n) is 3.27. The van der Waals surface area contributed by atoms with Gasteiger partial charge in [0.2, 0.25) is 5.91 Å². The number of hydrogen-bond acceptors (Lipinski definition) is 4. The molecule has 0 heterocycles. The van der Waals surface area contributed by atoms with Crippen LogP contribution >= 0.6 is 0 Å². The van der Waals surface area contributed by atoms with Crippen molar-refractivity contribution in [1.29, 1.82) is 0 Å². The SMILES string of the molecule is COCCC(NC(=O)CCCc1ccc(OC)cc1)C(=O)O. The van der Waals surface area contributed by atoms with Crippen LogP contribution in [0.25, 0.3) is 0 Å². The molecule has 2 N–H and O–H groups in total. The van der Waals surface area contributed by atoms with Gasteiger partial charge in [0.1, 0.15) is 11.8 Å². The summed E-state index contributed by atoms with van der Waals surface area (Å²) in [6.45, 7) is 0.295. The summed E-state index contributed by atoms with van der Waals surface area (Å²) >= 11 is 0. The lowest BCUT2D eigenvalue weighted by Gasteiger charge is -2.14. The van der Waals surface area contributed by atoms with E-state index in [1.807, 2.05) is 24.3 Å². The maximum absolute atomic E-state index is 11.8. The molecule has 1 unspecified atom stereocenters. The number of aryl methyl sites for hydroxylation is 1. The summed E-state index contributed by atoms with van der Waals surface area (Å²) in [5.41, 5.74) is 1.11.